The van der Waals surface area contributed by atoms with E-state index in [2.05, 4.69) is 10.4 Å². The lowest BCUT2D eigenvalue weighted by atomic mass is 9.96. The van der Waals surface area contributed by atoms with Gasteiger partial charge in [0.25, 0.3) is 5.91 Å². The molecule has 1 aliphatic heterocycles. The summed E-state index contributed by atoms with van der Waals surface area (Å²) in [6.45, 7) is 0.342. The highest BCUT2D eigenvalue weighted by Gasteiger charge is 2.47. The fraction of sp³-hybridized carbons (Fsp3) is 0.273. The van der Waals surface area contributed by atoms with Gasteiger partial charge in [-0.2, -0.15) is 18.3 Å². The molecule has 30 heavy (non-hydrogen) atoms. The van der Waals surface area contributed by atoms with Crippen LogP contribution in [-0.2, 0) is 6.54 Å². The van der Waals surface area contributed by atoms with E-state index in [9.17, 15) is 18.0 Å². The minimum Gasteiger partial charge on any atom is -0.363 e. The van der Waals surface area contributed by atoms with Gasteiger partial charge in [0.2, 0.25) is 0 Å². The highest BCUT2D eigenvalue weighted by molar-refractivity contribution is 5.98. The topological polar surface area (TPSA) is 50.2 Å². The number of aromatic nitrogens is 2. The highest BCUT2D eigenvalue weighted by atomic mass is 19.4. The Morgan fingerprint density at radius 1 is 1.13 bits per heavy atom. The van der Waals surface area contributed by atoms with Gasteiger partial charge in [-0.05, 0) is 11.1 Å². The van der Waals surface area contributed by atoms with Crippen LogP contribution in [0.5, 0.6) is 0 Å². The number of alkyl halides is 3. The van der Waals surface area contributed by atoms with Gasteiger partial charge in [0.1, 0.15) is 11.4 Å². The van der Waals surface area contributed by atoms with Crippen molar-refractivity contribution in [1.29, 1.82) is 0 Å². The van der Waals surface area contributed by atoms with Crippen molar-refractivity contribution in [3.05, 3.63) is 83.6 Å². The van der Waals surface area contributed by atoms with E-state index in [1.807, 2.05) is 36.4 Å². The molecule has 5 nitrogen and oxygen atoms in total. The summed E-state index contributed by atoms with van der Waals surface area (Å²) in [5.74, 6) is -0.287. The van der Waals surface area contributed by atoms with Crippen molar-refractivity contribution < 1.29 is 18.0 Å². The number of amides is 1. The standard InChI is InChI=1S/C22H21F3N4O/c1-28(14-15-8-4-2-5-9-15)21(30)17-13-26-29-19(22(23,24)25)12-18(27-20(17)29)16-10-6-3-7-11-16/h2-11,13,18-19,27H,12,14H2,1H3/t18-,19+/m0/s1. The lowest BCUT2D eigenvalue weighted by Crippen LogP contribution is -2.36. The molecule has 0 unspecified atom stereocenters. The maximum absolute atomic E-state index is 13.8. The van der Waals surface area contributed by atoms with Crippen molar-refractivity contribution >= 4 is 11.7 Å². The van der Waals surface area contributed by atoms with Crippen LogP contribution in [0, 0.1) is 0 Å². The lowest BCUT2D eigenvalue weighted by Gasteiger charge is -2.34. The average molecular weight is 414 g/mol. The molecule has 0 spiro atoms. The van der Waals surface area contributed by atoms with Crippen LogP contribution in [0.4, 0.5) is 19.0 Å². The fourth-order valence-electron chi connectivity index (χ4n) is 3.76. The van der Waals surface area contributed by atoms with Gasteiger partial charge in [-0.1, -0.05) is 60.7 Å². The number of rotatable bonds is 4. The Balaban J connectivity index is 1.66. The molecule has 0 radical (unpaired) electrons. The number of hydrogen-bond donors (Lipinski definition) is 1. The number of carbonyl (C=O) groups is 1. The molecule has 2 heterocycles. The van der Waals surface area contributed by atoms with Crippen molar-refractivity contribution in [2.24, 2.45) is 0 Å². The molecule has 8 heteroatoms. The van der Waals surface area contributed by atoms with Gasteiger partial charge in [-0.25, -0.2) is 4.68 Å². The first kappa shape index (κ1) is 20.0. The van der Waals surface area contributed by atoms with Crippen LogP contribution >= 0.6 is 0 Å². The van der Waals surface area contributed by atoms with Gasteiger partial charge < -0.3 is 10.2 Å². The van der Waals surface area contributed by atoms with E-state index in [1.54, 1.807) is 31.3 Å². The normalized spacial score (nSPS) is 18.4. The second kappa shape index (κ2) is 7.85. The fourth-order valence-corrected chi connectivity index (χ4v) is 3.76. The van der Waals surface area contributed by atoms with Crippen molar-refractivity contribution in [2.75, 3.05) is 12.4 Å². The molecule has 0 fully saturated rings. The molecule has 4 rings (SSSR count). The van der Waals surface area contributed by atoms with Crippen LogP contribution < -0.4 is 5.32 Å². The Morgan fingerprint density at radius 2 is 1.77 bits per heavy atom. The van der Waals surface area contributed by atoms with Gasteiger partial charge in [0.05, 0.1) is 12.2 Å². The molecular formula is C22H21F3N4O. The number of halogens is 3. The molecule has 0 bridgehead atoms. The summed E-state index contributed by atoms with van der Waals surface area (Å²) in [4.78, 5) is 14.5. The summed E-state index contributed by atoms with van der Waals surface area (Å²) in [5.41, 5.74) is 1.79. The Kier molecular flexibility index (Phi) is 5.24. The summed E-state index contributed by atoms with van der Waals surface area (Å²) in [7, 11) is 1.62. The SMILES string of the molecule is CN(Cc1ccccc1)C(=O)c1cnn2c1N[C@H](c1ccccc1)C[C@@H]2C(F)(F)F. The minimum atomic E-state index is -4.48. The third-order valence-corrected chi connectivity index (χ3v) is 5.28. The number of fused-ring (bicyclic) bond motifs is 1. The summed E-state index contributed by atoms with van der Waals surface area (Å²) >= 11 is 0. The molecule has 0 aliphatic carbocycles. The van der Waals surface area contributed by atoms with Crippen molar-refractivity contribution in [3.63, 3.8) is 0 Å². The van der Waals surface area contributed by atoms with Crippen LogP contribution in [0.25, 0.3) is 0 Å². The Hall–Kier alpha value is -3.29. The van der Waals surface area contributed by atoms with Crippen LogP contribution in [0.15, 0.2) is 66.9 Å². The predicted octanol–water partition coefficient (Wildman–Crippen LogP) is 4.82. The van der Waals surface area contributed by atoms with Crippen LogP contribution in [0.1, 0.15) is 40.0 Å². The molecule has 0 saturated heterocycles. The summed E-state index contributed by atoms with van der Waals surface area (Å²) < 4.78 is 42.2. The van der Waals surface area contributed by atoms with Crippen LogP contribution in [0.2, 0.25) is 0 Å². The smallest absolute Gasteiger partial charge is 0.363 e. The number of carbonyl (C=O) groups excluding carboxylic acids is 1. The third kappa shape index (κ3) is 3.90. The lowest BCUT2D eigenvalue weighted by molar-refractivity contribution is -0.173. The Labute approximate surface area is 172 Å². The van der Waals surface area contributed by atoms with Gasteiger partial charge in [0, 0.05) is 20.0 Å². The first-order valence-corrected chi connectivity index (χ1v) is 9.59. The van der Waals surface area contributed by atoms with Crippen LogP contribution in [0.3, 0.4) is 0 Å². The number of nitrogens with one attached hydrogen (secondary N) is 1. The maximum Gasteiger partial charge on any atom is 0.410 e. The van der Waals surface area contributed by atoms with Gasteiger partial charge in [-0.3, -0.25) is 4.79 Å². The van der Waals surface area contributed by atoms with Gasteiger partial charge in [-0.15, -0.1) is 0 Å². The molecule has 156 valence electrons. The van der Waals surface area contributed by atoms with E-state index in [4.69, 9.17) is 0 Å². The zero-order valence-corrected chi connectivity index (χ0v) is 16.3. The van der Waals surface area contributed by atoms with E-state index in [0.29, 0.717) is 6.54 Å². The van der Waals surface area contributed by atoms with Crippen LogP contribution in [-0.4, -0.2) is 33.8 Å². The summed E-state index contributed by atoms with van der Waals surface area (Å²) in [6.07, 6.45) is -3.46. The van der Waals surface area contributed by atoms with Gasteiger partial charge in [0.15, 0.2) is 6.04 Å². The molecule has 1 aromatic heterocycles. The zero-order chi connectivity index (χ0) is 21.3. The summed E-state index contributed by atoms with van der Waals surface area (Å²) in [6, 6.07) is 16.0. The van der Waals surface area contributed by atoms with E-state index in [0.717, 1.165) is 15.8 Å². The molecule has 1 aliphatic rings. The number of nitrogens with zero attached hydrogens (tertiary/aromatic N) is 3. The molecule has 1 amide bonds. The molecule has 2 aromatic carbocycles. The summed E-state index contributed by atoms with van der Waals surface area (Å²) in [5, 5.41) is 7.05. The molecule has 0 saturated carbocycles. The first-order chi connectivity index (χ1) is 14.3. The number of anilines is 1. The van der Waals surface area contributed by atoms with E-state index < -0.39 is 18.3 Å². The number of hydrogen-bond acceptors (Lipinski definition) is 3. The van der Waals surface area contributed by atoms with E-state index >= 15 is 0 Å². The quantitative estimate of drug-likeness (QED) is 0.666. The monoisotopic (exact) mass is 414 g/mol. The average Bonchev–Trinajstić information content (AvgIpc) is 3.17. The second-order valence-corrected chi connectivity index (χ2v) is 7.40. The molecular weight excluding hydrogens is 393 g/mol. The Bertz CT molecular complexity index is 1020. The first-order valence-electron chi connectivity index (χ1n) is 9.59. The van der Waals surface area contributed by atoms with E-state index in [-0.39, 0.29) is 23.7 Å². The Morgan fingerprint density at radius 3 is 2.40 bits per heavy atom. The van der Waals surface area contributed by atoms with E-state index in [1.165, 1.54) is 11.1 Å². The molecule has 1 N–H and O–H groups in total. The van der Waals surface area contributed by atoms with Gasteiger partial charge >= 0.3 is 6.18 Å². The maximum atomic E-state index is 13.8. The largest absolute Gasteiger partial charge is 0.410 e. The van der Waals surface area contributed by atoms with Crippen molar-refractivity contribution in [1.82, 2.24) is 14.7 Å². The molecule has 2 atom stereocenters. The minimum absolute atomic E-state index is 0.0994. The zero-order valence-electron chi connectivity index (χ0n) is 16.3. The van der Waals surface area contributed by atoms with Crippen molar-refractivity contribution in [2.45, 2.75) is 31.2 Å². The van der Waals surface area contributed by atoms with Crippen molar-refractivity contribution in [3.8, 4) is 0 Å². The third-order valence-electron chi connectivity index (χ3n) is 5.28. The number of benzene rings is 2. The highest BCUT2D eigenvalue weighted by Crippen LogP contribution is 2.44. The predicted molar refractivity (Wildman–Crippen MR) is 107 cm³/mol. The second-order valence-electron chi connectivity index (χ2n) is 7.40. The molecule has 3 aromatic rings.